The molecular weight excluding hydrogens is 497 g/mol. The number of ether oxygens (including phenoxy) is 2. The molecule has 0 N–H and O–H groups in total. The zero-order valence-corrected chi connectivity index (χ0v) is 23.1. The van der Waals surface area contributed by atoms with Gasteiger partial charge in [-0.25, -0.2) is 0 Å². The fraction of sp³-hybridized carbons (Fsp3) is 0.231. The number of carboxylic acid groups (broad SMARTS) is 1. The van der Waals surface area contributed by atoms with Gasteiger partial charge in [-0.3, -0.25) is 9.10 Å². The molecule has 3 aromatic carbocycles. The number of carboxylic acids is 1. The van der Waals surface area contributed by atoms with E-state index in [1.54, 1.807) is 40.7 Å². The first kappa shape index (κ1) is 27.4. The summed E-state index contributed by atoms with van der Waals surface area (Å²) in [6.07, 6.45) is 2.98. The summed E-state index contributed by atoms with van der Waals surface area (Å²) in [7, 11) is 0. The first-order valence-corrected chi connectivity index (χ1v) is 12.4. The maximum absolute atomic E-state index is 12.9. The monoisotopic (exact) mass is 519 g/mol. The van der Waals surface area contributed by atoms with Crippen molar-refractivity contribution in [2.75, 3.05) is 19.4 Å². The van der Waals surface area contributed by atoms with Crippen LogP contribution in [0.2, 0.25) is 5.02 Å². The van der Waals surface area contributed by atoms with E-state index < -0.39 is 11.9 Å². The molecule has 1 aliphatic heterocycles. The van der Waals surface area contributed by atoms with Crippen molar-refractivity contribution in [3.63, 3.8) is 0 Å². The number of hydrogen-bond donors (Lipinski definition) is 0. The van der Waals surface area contributed by atoms with Gasteiger partial charge in [0.15, 0.2) is 0 Å². The van der Waals surface area contributed by atoms with Crippen LogP contribution in [-0.2, 0) is 11.2 Å². The van der Waals surface area contributed by atoms with Crippen LogP contribution in [0, 0.1) is 0 Å². The van der Waals surface area contributed by atoms with E-state index in [0.29, 0.717) is 41.3 Å². The minimum Gasteiger partial charge on any atom is -0.549 e. The number of rotatable bonds is 8. The number of halogens is 1. The number of carbonyl (C=O) groups excluding carboxylic acids is 2. The standard InChI is InChI=1S/C26H24ClNO5S.Na/c1-34-28(13-11-17-5-3-2-4-6-17)25(29)18-7-9-19(10-8-18)33-24-16-23-21(15-22(24)27)20(26(30)31)12-14-32-23;/h2-10,15-16,20H,11-14H2,1H3,(H,30,31);/q;+1/p-1. The topological polar surface area (TPSA) is 78.9 Å². The number of aliphatic carboxylic acids is 1. The largest absolute Gasteiger partial charge is 1.00 e. The van der Waals surface area contributed by atoms with Crippen LogP contribution in [0.4, 0.5) is 0 Å². The summed E-state index contributed by atoms with van der Waals surface area (Å²) in [5, 5.41) is 11.7. The van der Waals surface area contributed by atoms with Crippen molar-refractivity contribution in [1.82, 2.24) is 4.31 Å². The molecule has 3 aromatic rings. The van der Waals surface area contributed by atoms with Crippen LogP contribution < -0.4 is 44.1 Å². The van der Waals surface area contributed by atoms with Gasteiger partial charge in [-0.15, -0.1) is 0 Å². The van der Waals surface area contributed by atoms with Crippen molar-refractivity contribution in [3.8, 4) is 17.2 Å². The van der Waals surface area contributed by atoms with Gasteiger partial charge in [-0.2, -0.15) is 0 Å². The van der Waals surface area contributed by atoms with Crippen molar-refractivity contribution >= 4 is 35.4 Å². The number of fused-ring (bicyclic) bond motifs is 1. The Morgan fingerprint density at radius 2 is 1.86 bits per heavy atom. The molecule has 0 fully saturated rings. The quantitative estimate of drug-likeness (QED) is 0.333. The second kappa shape index (κ2) is 12.7. The van der Waals surface area contributed by atoms with Crippen LogP contribution >= 0.6 is 23.5 Å². The van der Waals surface area contributed by atoms with Gasteiger partial charge >= 0.3 is 29.6 Å². The third-order valence-corrected chi connectivity index (χ3v) is 6.70. The predicted octanol–water partition coefficient (Wildman–Crippen LogP) is 1.72. The Bertz CT molecular complexity index is 1180. The first-order valence-electron chi connectivity index (χ1n) is 10.8. The van der Waals surface area contributed by atoms with E-state index in [9.17, 15) is 14.7 Å². The number of amides is 1. The molecule has 0 aliphatic carbocycles. The SMILES string of the molecule is CSN(CCc1ccccc1)C(=O)c1ccc(Oc2cc3c(cc2Cl)C(C(=O)[O-])CCO3)cc1.[Na+]. The maximum atomic E-state index is 12.9. The zero-order chi connectivity index (χ0) is 24.1. The summed E-state index contributed by atoms with van der Waals surface area (Å²) in [4.78, 5) is 24.3. The molecule has 1 aliphatic rings. The number of hydrogen-bond acceptors (Lipinski definition) is 6. The third kappa shape index (κ3) is 6.74. The summed E-state index contributed by atoms with van der Waals surface area (Å²) in [5.41, 5.74) is 2.21. The Morgan fingerprint density at radius 1 is 1.14 bits per heavy atom. The first-order chi connectivity index (χ1) is 16.5. The van der Waals surface area contributed by atoms with Crippen LogP contribution in [-0.4, -0.2) is 35.6 Å². The average Bonchev–Trinajstić information content (AvgIpc) is 2.85. The van der Waals surface area contributed by atoms with E-state index >= 15 is 0 Å². The van der Waals surface area contributed by atoms with Crippen molar-refractivity contribution in [3.05, 3.63) is 88.4 Å². The van der Waals surface area contributed by atoms with E-state index in [1.807, 2.05) is 36.6 Å². The second-order valence-electron chi connectivity index (χ2n) is 7.78. The molecule has 0 aromatic heterocycles. The minimum absolute atomic E-state index is 0. The molecule has 9 heteroatoms. The van der Waals surface area contributed by atoms with Crippen LogP contribution in [0.3, 0.4) is 0 Å². The third-order valence-electron chi connectivity index (χ3n) is 5.61. The van der Waals surface area contributed by atoms with Gasteiger partial charge in [0.2, 0.25) is 0 Å². The van der Waals surface area contributed by atoms with Crippen molar-refractivity contribution in [2.45, 2.75) is 18.8 Å². The molecule has 6 nitrogen and oxygen atoms in total. The molecule has 0 saturated carbocycles. The molecule has 0 saturated heterocycles. The fourth-order valence-electron chi connectivity index (χ4n) is 3.80. The zero-order valence-electron chi connectivity index (χ0n) is 19.5. The van der Waals surface area contributed by atoms with Crippen LogP contribution in [0.5, 0.6) is 17.2 Å². The smallest absolute Gasteiger partial charge is 0.549 e. The fourth-order valence-corrected chi connectivity index (χ4v) is 4.56. The molecule has 4 rings (SSSR count). The summed E-state index contributed by atoms with van der Waals surface area (Å²) in [5.74, 6) is -0.749. The summed E-state index contributed by atoms with van der Waals surface area (Å²) in [6, 6.07) is 20.0. The molecule has 35 heavy (non-hydrogen) atoms. The van der Waals surface area contributed by atoms with E-state index in [0.717, 1.165) is 6.42 Å². The van der Waals surface area contributed by atoms with Crippen molar-refractivity contribution in [2.24, 2.45) is 0 Å². The Hall–Kier alpha value is -2.16. The van der Waals surface area contributed by atoms with Gasteiger partial charge in [0.25, 0.3) is 5.91 Å². The molecule has 1 heterocycles. The number of carbonyl (C=O) groups is 2. The predicted molar refractivity (Wildman–Crippen MR) is 131 cm³/mol. The molecule has 0 radical (unpaired) electrons. The van der Waals surface area contributed by atoms with Gasteiger partial charge in [0.1, 0.15) is 17.2 Å². The Labute approximate surface area is 236 Å². The second-order valence-corrected chi connectivity index (χ2v) is 8.99. The van der Waals surface area contributed by atoms with Crippen LogP contribution in [0.25, 0.3) is 0 Å². The van der Waals surface area contributed by atoms with E-state index in [2.05, 4.69) is 0 Å². The Kier molecular flexibility index (Phi) is 9.95. The van der Waals surface area contributed by atoms with Gasteiger partial charge in [-0.05, 0) is 48.7 Å². The van der Waals surface area contributed by atoms with Gasteiger partial charge < -0.3 is 19.4 Å². The number of benzene rings is 3. The van der Waals surface area contributed by atoms with Crippen LogP contribution in [0.15, 0.2) is 66.7 Å². The van der Waals surface area contributed by atoms with Gasteiger partial charge in [0.05, 0.1) is 11.6 Å². The minimum atomic E-state index is -1.16. The molecule has 1 amide bonds. The average molecular weight is 520 g/mol. The van der Waals surface area contributed by atoms with Crippen molar-refractivity contribution < 1.29 is 53.7 Å². The molecule has 176 valence electrons. The van der Waals surface area contributed by atoms with E-state index in [1.165, 1.54) is 17.5 Å². The molecule has 1 atom stereocenters. The van der Waals surface area contributed by atoms with Crippen LogP contribution in [0.1, 0.15) is 33.8 Å². The summed E-state index contributed by atoms with van der Waals surface area (Å²) in [6.45, 7) is 0.875. The Morgan fingerprint density at radius 3 is 2.51 bits per heavy atom. The summed E-state index contributed by atoms with van der Waals surface area (Å²) < 4.78 is 13.2. The molecule has 0 spiro atoms. The maximum Gasteiger partial charge on any atom is 1.00 e. The van der Waals surface area contributed by atoms with Gasteiger partial charge in [-0.1, -0.05) is 53.9 Å². The Balaban J connectivity index is 0.00000342. The number of nitrogens with zero attached hydrogens (tertiary/aromatic N) is 1. The summed E-state index contributed by atoms with van der Waals surface area (Å²) >= 11 is 7.74. The van der Waals surface area contributed by atoms with Crippen molar-refractivity contribution in [1.29, 1.82) is 0 Å². The molecule has 1 unspecified atom stereocenters. The molecule has 0 bridgehead atoms. The normalized spacial score (nSPS) is 14.2. The van der Waals surface area contributed by atoms with E-state index in [-0.39, 0.29) is 47.1 Å². The van der Waals surface area contributed by atoms with E-state index in [4.69, 9.17) is 21.1 Å². The van der Waals surface area contributed by atoms with Gasteiger partial charge in [0, 0.05) is 41.9 Å². The molecular formula is C26H23ClNNaO5S.